The minimum absolute atomic E-state index is 0.0758. The lowest BCUT2D eigenvalue weighted by molar-refractivity contribution is -0.128. The third-order valence-electron chi connectivity index (χ3n) is 2.37. The smallest absolute Gasteiger partial charge is 0.242 e. The second kappa shape index (κ2) is 6.19. The fourth-order valence-electron chi connectivity index (χ4n) is 1.32. The van der Waals surface area contributed by atoms with E-state index in [0.29, 0.717) is 12.2 Å². The van der Waals surface area contributed by atoms with Gasteiger partial charge >= 0.3 is 0 Å². The minimum Gasteiger partial charge on any atom is -0.342 e. The van der Waals surface area contributed by atoms with Crippen LogP contribution in [-0.2, 0) is 21.4 Å². The maximum absolute atomic E-state index is 11.5. The first-order chi connectivity index (χ1) is 8.35. The molecule has 0 spiro atoms. The number of nitrogens with one attached hydrogen (secondary N) is 1. The lowest BCUT2D eigenvalue weighted by atomic mass is 10.2. The first kappa shape index (κ1) is 15.0. The highest BCUT2D eigenvalue weighted by Gasteiger charge is 2.12. The Kier molecular flexibility index (Phi) is 5.15. The topological polar surface area (TPSA) is 66.5 Å². The monoisotopic (exact) mass is 334 g/mol. The van der Waals surface area contributed by atoms with E-state index in [1.54, 1.807) is 31.3 Å². The summed E-state index contributed by atoms with van der Waals surface area (Å²) in [6.07, 6.45) is 0. The molecule has 0 fully saturated rings. The Hall–Kier alpha value is -1.08. The number of rotatable bonds is 5. The third-order valence-corrected chi connectivity index (χ3v) is 5.00. The average molecular weight is 335 g/mol. The Morgan fingerprint density at radius 1 is 1.39 bits per heavy atom. The van der Waals surface area contributed by atoms with Gasteiger partial charge in [-0.15, -0.1) is 0 Å². The molecule has 0 aromatic heterocycles. The number of halogens is 1. The summed E-state index contributed by atoms with van der Waals surface area (Å²) in [4.78, 5) is 12.7. The molecule has 1 N–H and O–H groups in total. The molecule has 5 nitrogen and oxygen atoms in total. The molecule has 100 valence electrons. The largest absolute Gasteiger partial charge is 0.342 e. The van der Waals surface area contributed by atoms with Gasteiger partial charge in [0.25, 0.3) is 0 Å². The van der Waals surface area contributed by atoms with E-state index in [1.807, 2.05) is 0 Å². The summed E-state index contributed by atoms with van der Waals surface area (Å²) in [5.41, 5.74) is 1.24. The van der Waals surface area contributed by atoms with Crippen molar-refractivity contribution in [3.63, 3.8) is 0 Å². The number of anilines is 1. The molecule has 0 atom stereocenters. The molecular weight excluding hydrogens is 320 g/mol. The van der Waals surface area contributed by atoms with E-state index in [4.69, 9.17) is 0 Å². The van der Waals surface area contributed by atoms with Crippen molar-refractivity contribution in [3.05, 3.63) is 29.8 Å². The number of hydrogen-bond acceptors (Lipinski definition) is 3. The van der Waals surface area contributed by atoms with E-state index >= 15 is 0 Å². The molecule has 0 bridgehead atoms. The number of para-hydroxylation sites is 1. The zero-order chi connectivity index (χ0) is 13.8. The molecule has 1 rings (SSSR count). The summed E-state index contributed by atoms with van der Waals surface area (Å²) >= 11 is 2.91. The van der Waals surface area contributed by atoms with Crippen molar-refractivity contribution in [2.45, 2.75) is 13.5 Å². The lowest BCUT2D eigenvalue weighted by Crippen LogP contribution is -2.24. The van der Waals surface area contributed by atoms with E-state index in [1.165, 1.54) is 11.8 Å². The molecule has 0 heterocycles. The van der Waals surface area contributed by atoms with Gasteiger partial charge in [-0.05, 0) is 11.6 Å². The van der Waals surface area contributed by atoms with Gasteiger partial charge in [-0.3, -0.25) is 9.52 Å². The fourth-order valence-corrected chi connectivity index (χ4v) is 2.25. The van der Waals surface area contributed by atoms with Crippen LogP contribution < -0.4 is 4.72 Å². The highest BCUT2D eigenvalue weighted by molar-refractivity contribution is 9.10. The number of benzene rings is 1. The summed E-state index contributed by atoms with van der Waals surface area (Å²) in [5, 5.41) is 0. The van der Waals surface area contributed by atoms with Gasteiger partial charge in [0.1, 0.15) is 4.66 Å². The van der Waals surface area contributed by atoms with Gasteiger partial charge in [0.15, 0.2) is 0 Å². The quantitative estimate of drug-likeness (QED) is 0.834. The van der Waals surface area contributed by atoms with Crippen LogP contribution in [0.2, 0.25) is 0 Å². The highest BCUT2D eigenvalue weighted by Crippen LogP contribution is 2.18. The summed E-state index contributed by atoms with van der Waals surface area (Å²) in [5.74, 6) is -0.0758. The first-order valence-electron chi connectivity index (χ1n) is 5.22. The van der Waals surface area contributed by atoms with Gasteiger partial charge in [0, 0.05) is 20.5 Å². The van der Waals surface area contributed by atoms with Crippen LogP contribution in [0, 0.1) is 0 Å². The molecule has 0 aliphatic carbocycles. The standard InChI is InChI=1S/C11H15BrN2O3S/c1-9(15)14(2)7-10-5-3-4-6-11(10)13-18(16,17)8-12/h3-6,13H,7-8H2,1-2H3. The molecule has 1 aromatic rings. The van der Waals surface area contributed by atoms with Gasteiger partial charge in [-0.2, -0.15) is 0 Å². The van der Waals surface area contributed by atoms with Crippen molar-refractivity contribution in [1.82, 2.24) is 4.90 Å². The number of sulfonamides is 1. The summed E-state index contributed by atoms with van der Waals surface area (Å²) in [6.45, 7) is 1.82. The SMILES string of the molecule is CC(=O)N(C)Cc1ccccc1NS(=O)(=O)CBr. The second-order valence-electron chi connectivity index (χ2n) is 3.86. The Balaban J connectivity index is 2.96. The Morgan fingerprint density at radius 3 is 2.56 bits per heavy atom. The van der Waals surface area contributed by atoms with Gasteiger partial charge in [0.2, 0.25) is 15.9 Å². The summed E-state index contributed by atoms with van der Waals surface area (Å²) in [7, 11) is -1.72. The average Bonchev–Trinajstić information content (AvgIpc) is 2.31. The van der Waals surface area contributed by atoms with Crippen LogP contribution in [0.1, 0.15) is 12.5 Å². The van der Waals surface area contributed by atoms with Crippen LogP contribution in [0.4, 0.5) is 5.69 Å². The Labute approximate surface area is 115 Å². The molecular formula is C11H15BrN2O3S. The van der Waals surface area contributed by atoms with Crippen molar-refractivity contribution >= 4 is 37.5 Å². The first-order valence-corrected chi connectivity index (χ1v) is 7.99. The minimum atomic E-state index is -3.39. The molecule has 0 radical (unpaired) electrons. The number of amides is 1. The predicted molar refractivity (Wildman–Crippen MR) is 74.9 cm³/mol. The normalized spacial score (nSPS) is 11.1. The number of nitrogens with zero attached hydrogens (tertiary/aromatic N) is 1. The van der Waals surface area contributed by atoms with Gasteiger partial charge in [0.05, 0.1) is 5.69 Å². The Morgan fingerprint density at radius 2 is 2.00 bits per heavy atom. The molecule has 1 aromatic carbocycles. The third kappa shape index (κ3) is 4.30. The van der Waals surface area contributed by atoms with Crippen LogP contribution >= 0.6 is 15.9 Å². The fraction of sp³-hybridized carbons (Fsp3) is 0.364. The zero-order valence-corrected chi connectivity index (χ0v) is 12.6. The van der Waals surface area contributed by atoms with Crippen LogP contribution in [-0.4, -0.2) is 30.9 Å². The van der Waals surface area contributed by atoms with Crippen LogP contribution in [0.5, 0.6) is 0 Å². The zero-order valence-electron chi connectivity index (χ0n) is 10.2. The van der Waals surface area contributed by atoms with E-state index in [-0.39, 0.29) is 10.6 Å². The van der Waals surface area contributed by atoms with Crippen molar-refractivity contribution in [1.29, 1.82) is 0 Å². The van der Waals surface area contributed by atoms with Crippen LogP contribution in [0.3, 0.4) is 0 Å². The predicted octanol–water partition coefficient (Wildman–Crippen LogP) is 1.76. The number of alkyl halides is 1. The molecule has 18 heavy (non-hydrogen) atoms. The van der Waals surface area contributed by atoms with E-state index in [0.717, 1.165) is 5.56 Å². The number of hydrogen-bond donors (Lipinski definition) is 1. The van der Waals surface area contributed by atoms with Crippen molar-refractivity contribution in [2.24, 2.45) is 0 Å². The van der Waals surface area contributed by atoms with Gasteiger partial charge in [-0.25, -0.2) is 8.42 Å². The number of carbonyl (C=O) groups is 1. The van der Waals surface area contributed by atoms with E-state index in [2.05, 4.69) is 20.7 Å². The lowest BCUT2D eigenvalue weighted by Gasteiger charge is -2.17. The maximum atomic E-state index is 11.5. The van der Waals surface area contributed by atoms with Crippen molar-refractivity contribution in [3.8, 4) is 0 Å². The second-order valence-corrected chi connectivity index (χ2v) is 6.88. The maximum Gasteiger partial charge on any atom is 0.242 e. The number of carbonyl (C=O) groups excluding carboxylic acids is 1. The Bertz CT molecular complexity index is 531. The van der Waals surface area contributed by atoms with Gasteiger partial charge in [-0.1, -0.05) is 34.1 Å². The molecule has 0 saturated heterocycles. The highest BCUT2D eigenvalue weighted by atomic mass is 79.9. The van der Waals surface area contributed by atoms with Crippen molar-refractivity contribution in [2.75, 3.05) is 16.4 Å². The molecule has 7 heteroatoms. The molecule has 0 unspecified atom stereocenters. The molecule has 0 aliphatic rings. The molecule has 1 amide bonds. The van der Waals surface area contributed by atoms with E-state index in [9.17, 15) is 13.2 Å². The van der Waals surface area contributed by atoms with E-state index < -0.39 is 10.0 Å². The summed E-state index contributed by atoms with van der Waals surface area (Å²) < 4.78 is 25.3. The van der Waals surface area contributed by atoms with Crippen LogP contribution in [0.15, 0.2) is 24.3 Å². The van der Waals surface area contributed by atoms with Crippen LogP contribution in [0.25, 0.3) is 0 Å². The van der Waals surface area contributed by atoms with Gasteiger partial charge < -0.3 is 4.90 Å². The van der Waals surface area contributed by atoms with Crippen molar-refractivity contribution < 1.29 is 13.2 Å². The summed E-state index contributed by atoms with van der Waals surface area (Å²) in [6, 6.07) is 6.99. The molecule has 0 aliphatic heterocycles. The molecule has 0 saturated carbocycles.